The maximum absolute atomic E-state index is 13.0. The molecule has 0 amide bonds. The molecule has 2 aromatic rings. The Morgan fingerprint density at radius 3 is 2.55 bits per heavy atom. The second-order valence-corrected chi connectivity index (χ2v) is 10.3. The molecule has 0 aliphatic carbocycles. The van der Waals surface area contributed by atoms with Crippen molar-refractivity contribution in [3.8, 4) is 0 Å². The number of fused-ring (bicyclic) bond motifs is 2. The predicted molar refractivity (Wildman–Crippen MR) is 136 cm³/mol. The number of aliphatic imine (C=N–C) groups is 1. The van der Waals surface area contributed by atoms with Crippen LogP contribution >= 0.6 is 23.8 Å². The smallest absolute Gasteiger partial charge is 0.315 e. The number of unbranched alkanes of at least 4 members (excludes halogenated alkanes) is 1. The fourth-order valence-corrected chi connectivity index (χ4v) is 6.50. The molecule has 2 aromatic carbocycles. The minimum Gasteiger partial charge on any atom is -0.469 e. The van der Waals surface area contributed by atoms with Gasteiger partial charge in [0.25, 0.3) is 0 Å². The number of carbonyl (C=O) groups is 1. The molecule has 2 bridgehead atoms. The van der Waals surface area contributed by atoms with E-state index < -0.39 is 0 Å². The Hall–Kier alpha value is -2.04. The average molecular weight is 484 g/mol. The molecule has 0 aromatic heterocycles. The molecule has 4 rings (SSSR count). The number of methoxy groups -OCH3 is 1. The number of ether oxygens (including phenoxy) is 1. The number of rotatable bonds is 8. The van der Waals surface area contributed by atoms with Crippen LogP contribution in [0.3, 0.4) is 0 Å². The van der Waals surface area contributed by atoms with Gasteiger partial charge < -0.3 is 9.22 Å². The molecule has 33 heavy (non-hydrogen) atoms. The fraction of sp³-hybridized carbons (Fsp3) is 0.481. The van der Waals surface area contributed by atoms with Crippen LogP contribution < -0.4 is 0 Å². The molecular formula is C27H32ClN2O2S+. The second kappa shape index (κ2) is 10.5. The van der Waals surface area contributed by atoms with Gasteiger partial charge >= 0.3 is 5.97 Å². The van der Waals surface area contributed by atoms with Crippen LogP contribution in [-0.4, -0.2) is 48.4 Å². The summed E-state index contributed by atoms with van der Waals surface area (Å²) >= 11 is 10.8. The average Bonchev–Trinajstić information content (AvgIpc) is 3.00. The minimum atomic E-state index is -0.103. The van der Waals surface area contributed by atoms with Gasteiger partial charge in [0.05, 0.1) is 37.6 Å². The quantitative estimate of drug-likeness (QED) is 0.144. The number of nitrogens with zero attached hydrogens (tertiary/aromatic N) is 2. The third-order valence-electron chi connectivity index (χ3n) is 8.00. The summed E-state index contributed by atoms with van der Waals surface area (Å²) in [4.78, 5) is 17.0. The molecule has 2 aliphatic heterocycles. The maximum Gasteiger partial charge on any atom is 0.315 e. The standard InChI is InChI=1S/C27H32ClN2O2S/c1-30(16-4-3-5-19-6-12-22(13-7-19)29-18-33)23-14-15-25(30)26(27(31)32-2)24(17-23)20-8-10-21(28)11-9-20/h6-13,23-26H,3-5,14-17H2,1-2H3/q+1. The number of aryl methyl sites for hydroxylation is 1. The van der Waals surface area contributed by atoms with Crippen LogP contribution in [0.15, 0.2) is 53.5 Å². The van der Waals surface area contributed by atoms with Gasteiger partial charge in [-0.2, -0.15) is 4.99 Å². The van der Waals surface area contributed by atoms with Crippen molar-refractivity contribution in [1.82, 2.24) is 0 Å². The number of isothiocyanates is 1. The third-order valence-corrected chi connectivity index (χ3v) is 8.34. The molecular weight excluding hydrogens is 452 g/mol. The monoisotopic (exact) mass is 483 g/mol. The van der Waals surface area contributed by atoms with Crippen LogP contribution in [0.4, 0.5) is 5.69 Å². The number of benzene rings is 2. The van der Waals surface area contributed by atoms with E-state index in [0.29, 0.717) is 12.1 Å². The van der Waals surface area contributed by atoms with E-state index in [4.69, 9.17) is 16.3 Å². The van der Waals surface area contributed by atoms with Crippen molar-refractivity contribution in [3.05, 3.63) is 64.7 Å². The van der Waals surface area contributed by atoms with Gasteiger partial charge in [-0.3, -0.25) is 4.79 Å². The number of hydrogen-bond donors (Lipinski definition) is 0. The van der Waals surface area contributed by atoms with E-state index in [0.717, 1.165) is 53.8 Å². The molecule has 2 fully saturated rings. The van der Waals surface area contributed by atoms with Crippen molar-refractivity contribution in [2.45, 2.75) is 56.5 Å². The van der Waals surface area contributed by atoms with Gasteiger partial charge in [0.1, 0.15) is 12.0 Å². The van der Waals surface area contributed by atoms with E-state index in [1.165, 1.54) is 24.7 Å². The lowest BCUT2D eigenvalue weighted by molar-refractivity contribution is -0.951. The molecule has 5 atom stereocenters. The molecule has 5 unspecified atom stereocenters. The maximum atomic E-state index is 13.0. The highest BCUT2D eigenvalue weighted by molar-refractivity contribution is 7.78. The molecule has 2 saturated heterocycles. The van der Waals surface area contributed by atoms with Gasteiger partial charge in [0.2, 0.25) is 0 Å². The SMILES string of the molecule is COC(=O)C1C(c2ccc(Cl)cc2)CC2CCC1[N+]2(C)CCCCc1ccc(N=C=S)cc1. The van der Waals surface area contributed by atoms with Crippen molar-refractivity contribution < 1.29 is 14.0 Å². The fourth-order valence-electron chi connectivity index (χ4n) is 6.27. The Morgan fingerprint density at radius 2 is 1.88 bits per heavy atom. The van der Waals surface area contributed by atoms with Crippen LogP contribution in [0.1, 0.15) is 49.1 Å². The summed E-state index contributed by atoms with van der Waals surface area (Å²) in [5.41, 5.74) is 3.37. The van der Waals surface area contributed by atoms with Gasteiger partial charge in [-0.25, -0.2) is 0 Å². The summed E-state index contributed by atoms with van der Waals surface area (Å²) < 4.78 is 6.32. The number of piperidine rings is 1. The molecule has 2 aliphatic rings. The number of thiocarbonyl (C=S) groups is 1. The molecule has 4 nitrogen and oxygen atoms in total. The van der Waals surface area contributed by atoms with E-state index in [-0.39, 0.29) is 17.8 Å². The van der Waals surface area contributed by atoms with Gasteiger partial charge in [0, 0.05) is 30.2 Å². The summed E-state index contributed by atoms with van der Waals surface area (Å²) in [7, 11) is 3.89. The largest absolute Gasteiger partial charge is 0.469 e. The van der Waals surface area contributed by atoms with Gasteiger partial charge in [-0.1, -0.05) is 35.9 Å². The highest BCUT2D eigenvalue weighted by atomic mass is 35.5. The van der Waals surface area contributed by atoms with Crippen molar-refractivity contribution in [1.29, 1.82) is 0 Å². The second-order valence-electron chi connectivity index (χ2n) is 9.64. The van der Waals surface area contributed by atoms with Crippen LogP contribution in [0.5, 0.6) is 0 Å². The molecule has 0 N–H and O–H groups in total. The topological polar surface area (TPSA) is 38.7 Å². The lowest BCUT2D eigenvalue weighted by Gasteiger charge is -2.50. The summed E-state index contributed by atoms with van der Waals surface area (Å²) in [6.07, 6.45) is 6.61. The predicted octanol–water partition coefficient (Wildman–Crippen LogP) is 6.35. The first-order valence-corrected chi connectivity index (χ1v) is 12.6. The van der Waals surface area contributed by atoms with Crippen molar-refractivity contribution in [3.63, 3.8) is 0 Å². The van der Waals surface area contributed by atoms with Crippen LogP contribution in [0, 0.1) is 5.92 Å². The van der Waals surface area contributed by atoms with E-state index in [1.54, 1.807) is 0 Å². The first-order valence-electron chi connectivity index (χ1n) is 11.8. The summed E-state index contributed by atoms with van der Waals surface area (Å²) in [5, 5.41) is 3.14. The minimum absolute atomic E-state index is 0.0660. The molecule has 0 saturated carbocycles. The summed E-state index contributed by atoms with van der Waals surface area (Å²) in [5.74, 6) is 0.0323. The number of carbonyl (C=O) groups excluding carboxylic acids is 1. The molecule has 0 spiro atoms. The van der Waals surface area contributed by atoms with E-state index in [9.17, 15) is 4.79 Å². The van der Waals surface area contributed by atoms with Crippen LogP contribution in [0.25, 0.3) is 0 Å². The first kappa shape index (κ1) is 24.1. The molecule has 174 valence electrons. The number of esters is 1. The molecule has 6 heteroatoms. The lowest BCUT2D eigenvalue weighted by atomic mass is 9.74. The van der Waals surface area contributed by atoms with Gasteiger partial charge in [-0.05, 0) is 66.9 Å². The van der Waals surface area contributed by atoms with Crippen molar-refractivity contribution >= 4 is 40.6 Å². The Labute approximate surface area is 207 Å². The zero-order valence-corrected chi connectivity index (χ0v) is 20.9. The zero-order chi connectivity index (χ0) is 23.4. The number of hydrogen-bond acceptors (Lipinski definition) is 4. The Kier molecular flexibility index (Phi) is 7.65. The Morgan fingerprint density at radius 1 is 1.15 bits per heavy atom. The third kappa shape index (κ3) is 5.07. The Balaban J connectivity index is 1.43. The highest BCUT2D eigenvalue weighted by Gasteiger charge is 2.59. The Bertz CT molecular complexity index is 1020. The van der Waals surface area contributed by atoms with E-state index in [1.807, 2.05) is 24.3 Å². The first-order chi connectivity index (χ1) is 16.0. The molecule has 0 radical (unpaired) electrons. The van der Waals surface area contributed by atoms with E-state index in [2.05, 4.69) is 53.7 Å². The number of quaternary nitrogens is 1. The van der Waals surface area contributed by atoms with Gasteiger partial charge in [-0.15, -0.1) is 0 Å². The van der Waals surface area contributed by atoms with Crippen molar-refractivity contribution in [2.75, 3.05) is 20.7 Å². The number of halogens is 1. The summed E-state index contributed by atoms with van der Waals surface area (Å²) in [6, 6.07) is 17.2. The van der Waals surface area contributed by atoms with E-state index >= 15 is 0 Å². The zero-order valence-electron chi connectivity index (χ0n) is 19.4. The highest BCUT2D eigenvalue weighted by Crippen LogP contribution is 2.51. The lowest BCUT2D eigenvalue weighted by Crippen LogP contribution is -2.62. The normalized spacial score (nSPS) is 28.2. The molecule has 2 heterocycles. The summed E-state index contributed by atoms with van der Waals surface area (Å²) in [6.45, 7) is 1.10. The van der Waals surface area contributed by atoms with Crippen LogP contribution in [-0.2, 0) is 16.0 Å². The van der Waals surface area contributed by atoms with Crippen LogP contribution in [0.2, 0.25) is 5.02 Å². The van der Waals surface area contributed by atoms with Crippen molar-refractivity contribution in [2.24, 2.45) is 10.9 Å². The van der Waals surface area contributed by atoms with Gasteiger partial charge in [0.15, 0.2) is 0 Å².